The van der Waals surface area contributed by atoms with Gasteiger partial charge in [0.1, 0.15) is 34.4 Å². The van der Waals surface area contributed by atoms with Crippen LogP contribution in [-0.2, 0) is 0 Å². The SMILES string of the molecule is NC(=NC1CCCCC1N=C(N)N=C(N)N1CCN(c2nc3c(cc2F)c(=O)c(C(=O)O)cn3-c2ccc(F)cc2F)CC1)N=C(N)N1CCN(c2nc3c(cc2F)c(=O)c(C(=O)O)cn3-c2ccc(F)cc2F)CC1. The van der Waals surface area contributed by atoms with Crippen molar-refractivity contribution >= 4 is 69.5 Å². The number of aromatic carboxylic acids is 2. The van der Waals surface area contributed by atoms with Gasteiger partial charge in [0.15, 0.2) is 46.5 Å². The lowest BCUT2D eigenvalue weighted by atomic mass is 9.91. The first-order chi connectivity index (χ1) is 36.3. The second-order valence-electron chi connectivity index (χ2n) is 17.9. The molecule has 10 N–H and O–H groups in total. The molecule has 6 heterocycles. The van der Waals surface area contributed by atoms with E-state index in [1.54, 1.807) is 19.6 Å². The highest BCUT2D eigenvalue weighted by Gasteiger charge is 2.30. The van der Waals surface area contributed by atoms with E-state index in [1.807, 2.05) is 0 Å². The summed E-state index contributed by atoms with van der Waals surface area (Å²) in [7, 11) is 0. The number of rotatable bonds is 8. The van der Waals surface area contributed by atoms with Crippen LogP contribution in [0.4, 0.5) is 38.0 Å². The zero-order valence-electron chi connectivity index (χ0n) is 39.9. The van der Waals surface area contributed by atoms with Crippen LogP contribution in [0.3, 0.4) is 0 Å². The molecule has 28 heteroatoms. The highest BCUT2D eigenvalue weighted by Crippen LogP contribution is 2.29. The molecule has 2 atom stereocenters. The molecule has 4 aromatic heterocycles. The third-order valence-electron chi connectivity index (χ3n) is 13.2. The van der Waals surface area contributed by atoms with E-state index >= 15 is 8.78 Å². The minimum Gasteiger partial charge on any atom is -0.477 e. The van der Waals surface area contributed by atoms with Crippen LogP contribution in [0.5, 0.6) is 0 Å². The highest BCUT2D eigenvalue weighted by molar-refractivity contribution is 5.96. The van der Waals surface area contributed by atoms with Gasteiger partial charge in [-0.1, -0.05) is 12.8 Å². The summed E-state index contributed by atoms with van der Waals surface area (Å²) in [6, 6.07) is 5.83. The molecule has 2 aromatic carbocycles. The number of carboxylic acids is 2. The van der Waals surface area contributed by atoms with Crippen molar-refractivity contribution in [1.29, 1.82) is 0 Å². The van der Waals surface area contributed by atoms with E-state index < -0.39 is 91.7 Å². The molecule has 0 amide bonds. The number of carbonyl (C=O) groups is 2. The zero-order valence-corrected chi connectivity index (χ0v) is 39.9. The van der Waals surface area contributed by atoms with Crippen molar-refractivity contribution < 1.29 is 46.1 Å². The topological polar surface area (TPSA) is 311 Å². The van der Waals surface area contributed by atoms with Crippen molar-refractivity contribution in [2.75, 3.05) is 62.2 Å². The number of carboxylic acid groups (broad SMARTS) is 2. The zero-order chi connectivity index (χ0) is 54.3. The molecule has 1 aliphatic carbocycles. The summed E-state index contributed by atoms with van der Waals surface area (Å²) < 4.78 is 90.9. The van der Waals surface area contributed by atoms with E-state index in [-0.39, 0.29) is 111 Å². The van der Waals surface area contributed by atoms with Gasteiger partial charge in [-0.25, -0.2) is 55.9 Å². The average Bonchev–Trinajstić information content (AvgIpc) is 3.40. The molecule has 76 heavy (non-hydrogen) atoms. The van der Waals surface area contributed by atoms with Crippen LogP contribution in [0.2, 0.25) is 0 Å². The Labute approximate surface area is 425 Å². The largest absolute Gasteiger partial charge is 0.477 e. The molecule has 0 radical (unpaired) electrons. The minimum absolute atomic E-state index is 0.0107. The Morgan fingerprint density at radius 2 is 0.908 bits per heavy atom. The first-order valence-corrected chi connectivity index (χ1v) is 23.5. The summed E-state index contributed by atoms with van der Waals surface area (Å²) in [5, 5.41) is 18.5. The van der Waals surface area contributed by atoms with Gasteiger partial charge in [0.25, 0.3) is 0 Å². The number of aliphatic imine (C=N–C) groups is 4. The monoisotopic (exact) mass is 1060 g/mol. The average molecular weight is 1060 g/mol. The van der Waals surface area contributed by atoms with E-state index in [0.29, 0.717) is 25.0 Å². The van der Waals surface area contributed by atoms with E-state index in [9.17, 15) is 47.0 Å². The fourth-order valence-electron chi connectivity index (χ4n) is 9.36. The van der Waals surface area contributed by atoms with Crippen LogP contribution >= 0.6 is 0 Å². The number of pyridine rings is 4. The van der Waals surface area contributed by atoms with Crippen molar-refractivity contribution in [2.24, 2.45) is 42.9 Å². The van der Waals surface area contributed by atoms with Crippen molar-refractivity contribution in [3.63, 3.8) is 0 Å². The predicted octanol–water partition coefficient (Wildman–Crippen LogP) is 2.83. The number of halogens is 6. The number of fused-ring (bicyclic) bond motifs is 2. The van der Waals surface area contributed by atoms with Crippen LogP contribution in [0.25, 0.3) is 33.4 Å². The number of anilines is 2. The number of nitrogens with zero attached hydrogens (tertiary/aromatic N) is 12. The van der Waals surface area contributed by atoms with Crippen LogP contribution in [-0.4, -0.2) is 139 Å². The number of guanidine groups is 4. The number of benzene rings is 2. The Morgan fingerprint density at radius 3 is 1.25 bits per heavy atom. The number of hydrogen-bond donors (Lipinski definition) is 6. The molecule has 2 saturated heterocycles. The van der Waals surface area contributed by atoms with Gasteiger partial charge in [-0.15, -0.1) is 0 Å². The van der Waals surface area contributed by atoms with Crippen molar-refractivity contribution in [3.05, 3.63) is 127 Å². The van der Waals surface area contributed by atoms with Gasteiger partial charge in [0.2, 0.25) is 22.8 Å². The number of nitrogens with two attached hydrogens (primary N) is 4. The van der Waals surface area contributed by atoms with E-state index in [2.05, 4.69) is 29.9 Å². The van der Waals surface area contributed by atoms with Gasteiger partial charge >= 0.3 is 11.9 Å². The highest BCUT2D eigenvalue weighted by atomic mass is 19.2. The lowest BCUT2D eigenvalue weighted by Gasteiger charge is -2.36. The molecule has 22 nitrogen and oxygen atoms in total. The molecule has 6 aromatic rings. The Kier molecular flexibility index (Phi) is 14.2. The maximum absolute atomic E-state index is 15.7. The maximum atomic E-state index is 15.7. The van der Waals surface area contributed by atoms with Gasteiger partial charge in [-0.05, 0) is 49.2 Å². The summed E-state index contributed by atoms with van der Waals surface area (Å²) in [4.78, 5) is 83.0. The lowest BCUT2D eigenvalue weighted by Crippen LogP contribution is -2.52. The van der Waals surface area contributed by atoms with Crippen molar-refractivity contribution in [3.8, 4) is 11.4 Å². The molecule has 1 saturated carbocycles. The molecule has 396 valence electrons. The minimum atomic E-state index is -1.64. The van der Waals surface area contributed by atoms with Gasteiger partial charge in [0.05, 0.1) is 34.2 Å². The summed E-state index contributed by atoms with van der Waals surface area (Å²) in [5.41, 5.74) is 20.5. The second-order valence-corrected chi connectivity index (χ2v) is 17.9. The quantitative estimate of drug-likeness (QED) is 0.0725. The molecule has 0 bridgehead atoms. The third kappa shape index (κ3) is 10.3. The van der Waals surface area contributed by atoms with Gasteiger partial charge in [-0.2, -0.15) is 9.98 Å². The van der Waals surface area contributed by atoms with E-state index in [1.165, 1.54) is 0 Å². The molecule has 3 aliphatic rings. The Bertz CT molecular complexity index is 3360. The van der Waals surface area contributed by atoms with E-state index in [4.69, 9.17) is 22.9 Å². The number of aromatic nitrogens is 4. The summed E-state index contributed by atoms with van der Waals surface area (Å²) >= 11 is 0. The molecule has 3 fully saturated rings. The molecule has 9 rings (SSSR count). The fourth-order valence-corrected chi connectivity index (χ4v) is 9.36. The van der Waals surface area contributed by atoms with Crippen molar-refractivity contribution in [2.45, 2.75) is 37.8 Å². The maximum Gasteiger partial charge on any atom is 0.341 e. The summed E-state index contributed by atoms with van der Waals surface area (Å²) in [6.45, 7) is 1.31. The van der Waals surface area contributed by atoms with Crippen molar-refractivity contribution in [1.82, 2.24) is 28.9 Å². The second kappa shape index (κ2) is 20.9. The Hall–Kier alpha value is -9.24. The first kappa shape index (κ1) is 51.7. The Morgan fingerprint density at radius 1 is 0.539 bits per heavy atom. The molecular formula is C48H46F6N16O6. The molecule has 0 spiro atoms. The summed E-state index contributed by atoms with van der Waals surface area (Å²) in [5.74, 6) is -9.83. The normalized spacial score (nSPS) is 18.2. The summed E-state index contributed by atoms with van der Waals surface area (Å²) in [6.07, 6.45) is 4.46. The molecule has 2 aliphatic heterocycles. The molecule has 2 unspecified atom stereocenters. The van der Waals surface area contributed by atoms with Gasteiger partial charge < -0.3 is 52.7 Å². The molecular weight excluding hydrogens is 1010 g/mol. The lowest BCUT2D eigenvalue weighted by molar-refractivity contribution is 0.0684. The first-order valence-electron chi connectivity index (χ1n) is 23.5. The number of piperazine rings is 2. The van der Waals surface area contributed by atoms with E-state index in [0.717, 1.165) is 70.8 Å². The van der Waals surface area contributed by atoms with Crippen LogP contribution in [0.15, 0.2) is 90.5 Å². The smallest absolute Gasteiger partial charge is 0.341 e. The van der Waals surface area contributed by atoms with Gasteiger partial charge in [-0.3, -0.25) is 18.7 Å². The Balaban J connectivity index is 0.852. The standard InChI is InChI=1S/C48H46F6N16O6/c49-23-5-7-35(29(51)17-23)69-21-27(43(73)74)37(71)25-19-31(53)41(61-39(25)69)65-9-13-67(14-10-65)47(57)63-45(55)59-33-3-1-2-4-34(33)60-46(56)64-48(58)68-15-11-66(12-16-68)42-32(54)20-26-38(72)28(44(75)76)22-70(40(26)62-42)36-8-6-24(50)18-30(36)52/h5-8,17-22,33-34H,1-4,9-16H2,(H,73,74)(H,75,76)(H4,55,57,59,63)(H4,56,58,60,64). The predicted molar refractivity (Wildman–Crippen MR) is 268 cm³/mol. The number of hydrogen-bond acceptors (Lipinski definition) is 10. The van der Waals surface area contributed by atoms with Gasteiger partial charge in [0, 0.05) is 76.9 Å². The van der Waals surface area contributed by atoms with Crippen LogP contribution < -0.4 is 43.6 Å². The van der Waals surface area contributed by atoms with Crippen LogP contribution in [0, 0.1) is 34.9 Å². The van der Waals surface area contributed by atoms with Crippen LogP contribution in [0.1, 0.15) is 46.4 Å². The fraction of sp³-hybridized carbons (Fsp3) is 0.292. The third-order valence-corrected chi connectivity index (χ3v) is 13.2.